The summed E-state index contributed by atoms with van der Waals surface area (Å²) in [5, 5.41) is 0. The Morgan fingerprint density at radius 3 is 2.50 bits per heavy atom. The van der Waals surface area contributed by atoms with Gasteiger partial charge >= 0.3 is 5.97 Å². The molecule has 1 unspecified atom stereocenters. The number of hydrogen-bond donors (Lipinski definition) is 0. The highest BCUT2D eigenvalue weighted by Crippen LogP contribution is 2.31. The maximum absolute atomic E-state index is 12.5. The molecule has 1 heterocycles. The third kappa shape index (κ3) is 3.18. The zero-order chi connectivity index (χ0) is 17.3. The van der Waals surface area contributed by atoms with E-state index in [4.69, 9.17) is 4.74 Å². The smallest absolute Gasteiger partial charge is 0.338 e. The van der Waals surface area contributed by atoms with E-state index in [1.807, 2.05) is 51.1 Å². The van der Waals surface area contributed by atoms with Gasteiger partial charge in [-0.3, -0.25) is 4.79 Å². The molecule has 0 radical (unpaired) electrons. The minimum Gasteiger partial charge on any atom is -0.452 e. The molecule has 1 aliphatic rings. The molecule has 24 heavy (non-hydrogen) atoms. The van der Waals surface area contributed by atoms with Crippen LogP contribution in [0, 0.1) is 13.8 Å². The lowest BCUT2D eigenvalue weighted by Gasteiger charge is -2.22. The number of rotatable bonds is 3. The summed E-state index contributed by atoms with van der Waals surface area (Å²) in [6, 6.07) is 13.5. The number of esters is 1. The molecule has 0 saturated carbocycles. The molecule has 4 heteroatoms. The van der Waals surface area contributed by atoms with Gasteiger partial charge in [-0.1, -0.05) is 35.4 Å². The van der Waals surface area contributed by atoms with Crippen molar-refractivity contribution in [3.8, 4) is 0 Å². The maximum Gasteiger partial charge on any atom is 0.338 e. The molecule has 3 rings (SSSR count). The van der Waals surface area contributed by atoms with E-state index >= 15 is 0 Å². The third-order valence-corrected chi connectivity index (χ3v) is 4.26. The molecule has 1 aliphatic heterocycles. The van der Waals surface area contributed by atoms with Gasteiger partial charge in [-0.15, -0.1) is 0 Å². The lowest BCUT2D eigenvalue weighted by Crippen LogP contribution is -2.38. The predicted octanol–water partition coefficient (Wildman–Crippen LogP) is 3.44. The van der Waals surface area contributed by atoms with E-state index in [9.17, 15) is 9.59 Å². The number of aryl methyl sites for hydroxylation is 2. The number of carbonyl (C=O) groups excluding carboxylic acids is 2. The lowest BCUT2D eigenvalue weighted by molar-refractivity contribution is -0.122. The van der Waals surface area contributed by atoms with Crippen LogP contribution in [0.4, 0.5) is 5.69 Å². The summed E-state index contributed by atoms with van der Waals surface area (Å²) < 4.78 is 5.25. The van der Waals surface area contributed by atoms with Crippen LogP contribution in [0.25, 0.3) is 0 Å². The molecule has 2 aromatic rings. The van der Waals surface area contributed by atoms with Gasteiger partial charge in [0.2, 0.25) is 0 Å². The molecule has 2 aromatic carbocycles. The van der Waals surface area contributed by atoms with Crippen LogP contribution in [-0.2, 0) is 16.0 Å². The summed E-state index contributed by atoms with van der Waals surface area (Å²) in [5.41, 5.74) is 4.54. The number of hydrogen-bond acceptors (Lipinski definition) is 3. The second-order valence-electron chi connectivity index (χ2n) is 6.40. The fraction of sp³-hybridized carbons (Fsp3) is 0.300. The van der Waals surface area contributed by atoms with Crippen molar-refractivity contribution in [1.29, 1.82) is 0 Å². The van der Waals surface area contributed by atoms with E-state index in [1.165, 1.54) is 0 Å². The molecule has 0 fully saturated rings. The summed E-state index contributed by atoms with van der Waals surface area (Å²) in [5.74, 6) is -0.652. The summed E-state index contributed by atoms with van der Waals surface area (Å²) in [7, 11) is 0. The molecule has 0 N–H and O–H groups in total. The fourth-order valence-electron chi connectivity index (χ4n) is 3.32. The van der Waals surface area contributed by atoms with Crippen LogP contribution < -0.4 is 4.90 Å². The number of para-hydroxylation sites is 1. The van der Waals surface area contributed by atoms with Gasteiger partial charge in [-0.05, 0) is 51.0 Å². The highest BCUT2D eigenvalue weighted by molar-refractivity contribution is 5.99. The van der Waals surface area contributed by atoms with Crippen molar-refractivity contribution >= 4 is 17.6 Å². The Hall–Kier alpha value is -2.62. The van der Waals surface area contributed by atoms with Crippen molar-refractivity contribution < 1.29 is 14.3 Å². The first-order chi connectivity index (χ1) is 11.5. The van der Waals surface area contributed by atoms with Gasteiger partial charge in [0.25, 0.3) is 5.91 Å². The second-order valence-corrected chi connectivity index (χ2v) is 6.40. The minimum atomic E-state index is -0.463. The van der Waals surface area contributed by atoms with Crippen LogP contribution in [0.5, 0.6) is 0 Å². The van der Waals surface area contributed by atoms with Gasteiger partial charge < -0.3 is 9.64 Å². The zero-order valence-corrected chi connectivity index (χ0v) is 14.2. The van der Waals surface area contributed by atoms with Gasteiger partial charge in [0.05, 0.1) is 5.56 Å². The number of nitrogens with zero attached hydrogens (tertiary/aromatic N) is 1. The molecule has 1 atom stereocenters. The van der Waals surface area contributed by atoms with E-state index in [0.29, 0.717) is 5.56 Å². The SMILES string of the molecule is Cc1cc(C)cc(C(=O)OCC(=O)N2c3ccccc3CC2C)c1. The quantitative estimate of drug-likeness (QED) is 0.813. The Morgan fingerprint density at radius 2 is 1.79 bits per heavy atom. The van der Waals surface area contributed by atoms with Crippen LogP contribution in [0.15, 0.2) is 42.5 Å². The van der Waals surface area contributed by atoms with Gasteiger partial charge in [0, 0.05) is 11.7 Å². The van der Waals surface area contributed by atoms with Crippen molar-refractivity contribution in [3.63, 3.8) is 0 Å². The zero-order valence-electron chi connectivity index (χ0n) is 14.2. The van der Waals surface area contributed by atoms with Crippen LogP contribution in [-0.4, -0.2) is 24.5 Å². The average molecular weight is 323 g/mol. The van der Waals surface area contributed by atoms with E-state index in [-0.39, 0.29) is 18.6 Å². The number of fused-ring (bicyclic) bond motifs is 1. The Kier molecular flexibility index (Phi) is 4.38. The summed E-state index contributed by atoms with van der Waals surface area (Å²) in [4.78, 5) is 26.5. The molecule has 0 aromatic heterocycles. The molecule has 1 amide bonds. The summed E-state index contributed by atoms with van der Waals surface area (Å²) >= 11 is 0. The summed E-state index contributed by atoms with van der Waals surface area (Å²) in [6.07, 6.45) is 0.826. The van der Waals surface area contributed by atoms with E-state index in [1.54, 1.807) is 17.0 Å². The Balaban J connectivity index is 1.68. The molecule has 4 nitrogen and oxygen atoms in total. The van der Waals surface area contributed by atoms with Crippen LogP contribution >= 0.6 is 0 Å². The Morgan fingerprint density at radius 1 is 1.12 bits per heavy atom. The molecular formula is C20H21NO3. The van der Waals surface area contributed by atoms with Crippen molar-refractivity contribution in [2.75, 3.05) is 11.5 Å². The van der Waals surface area contributed by atoms with Gasteiger partial charge in [0.1, 0.15) is 0 Å². The van der Waals surface area contributed by atoms with Crippen LogP contribution in [0.1, 0.15) is 34.0 Å². The summed E-state index contributed by atoms with van der Waals surface area (Å²) in [6.45, 7) is 5.61. The van der Waals surface area contributed by atoms with E-state index in [0.717, 1.165) is 28.8 Å². The lowest BCUT2D eigenvalue weighted by atomic mass is 10.1. The van der Waals surface area contributed by atoms with E-state index < -0.39 is 5.97 Å². The number of ether oxygens (including phenoxy) is 1. The van der Waals surface area contributed by atoms with Gasteiger partial charge in [-0.2, -0.15) is 0 Å². The standard InChI is InChI=1S/C20H21NO3/c1-13-8-14(2)10-17(9-13)20(23)24-12-19(22)21-15(3)11-16-6-4-5-7-18(16)21/h4-10,15H,11-12H2,1-3H3. The highest BCUT2D eigenvalue weighted by atomic mass is 16.5. The van der Waals surface area contributed by atoms with Crippen molar-refractivity contribution in [3.05, 3.63) is 64.7 Å². The fourth-order valence-corrected chi connectivity index (χ4v) is 3.32. The first-order valence-corrected chi connectivity index (χ1v) is 8.11. The maximum atomic E-state index is 12.5. The number of anilines is 1. The second kappa shape index (κ2) is 6.48. The number of benzene rings is 2. The van der Waals surface area contributed by atoms with Crippen molar-refractivity contribution in [2.45, 2.75) is 33.2 Å². The van der Waals surface area contributed by atoms with Crippen LogP contribution in [0.2, 0.25) is 0 Å². The molecule has 0 saturated heterocycles. The molecule has 124 valence electrons. The highest BCUT2D eigenvalue weighted by Gasteiger charge is 2.31. The predicted molar refractivity (Wildman–Crippen MR) is 93.3 cm³/mol. The Bertz CT molecular complexity index is 777. The first kappa shape index (κ1) is 16.2. The van der Waals surface area contributed by atoms with Gasteiger partial charge in [-0.25, -0.2) is 4.79 Å². The van der Waals surface area contributed by atoms with Crippen LogP contribution in [0.3, 0.4) is 0 Å². The van der Waals surface area contributed by atoms with Crippen molar-refractivity contribution in [2.24, 2.45) is 0 Å². The van der Waals surface area contributed by atoms with Gasteiger partial charge in [0.15, 0.2) is 6.61 Å². The first-order valence-electron chi connectivity index (χ1n) is 8.11. The average Bonchev–Trinajstić information content (AvgIpc) is 2.87. The largest absolute Gasteiger partial charge is 0.452 e. The third-order valence-electron chi connectivity index (χ3n) is 4.26. The van der Waals surface area contributed by atoms with E-state index in [2.05, 4.69) is 0 Å². The molecule has 0 bridgehead atoms. The molecule has 0 spiro atoms. The topological polar surface area (TPSA) is 46.6 Å². The minimum absolute atomic E-state index is 0.0785. The molecular weight excluding hydrogens is 302 g/mol. The van der Waals surface area contributed by atoms with Crippen molar-refractivity contribution in [1.82, 2.24) is 0 Å². The Labute approximate surface area is 142 Å². The monoisotopic (exact) mass is 323 g/mol. The number of carbonyl (C=O) groups is 2. The normalized spacial score (nSPS) is 16.0. The molecule has 0 aliphatic carbocycles. The number of amides is 1.